The fraction of sp³-hybridized carbons (Fsp3) is 0.920. The third-order valence-corrected chi connectivity index (χ3v) is 7.25. The molecule has 0 aromatic heterocycles. The first-order valence-electron chi connectivity index (χ1n) is 11.8. The zero-order chi connectivity index (χ0) is 22.3. The fourth-order valence-corrected chi connectivity index (χ4v) is 5.90. The molecule has 0 fully saturated rings. The molecular weight excluding hydrogens is 579 g/mol. The summed E-state index contributed by atoms with van der Waals surface area (Å²) in [5, 5.41) is 0. The van der Waals surface area contributed by atoms with E-state index in [9.17, 15) is 0 Å². The number of ether oxygens (including phenoxy) is 2. The summed E-state index contributed by atoms with van der Waals surface area (Å²) in [5.74, 6) is 4.00. The van der Waals surface area contributed by atoms with E-state index in [1.165, 1.54) is 0 Å². The molecule has 0 N–H and O–H groups in total. The Morgan fingerprint density at radius 2 is 0.844 bits per heavy atom. The molecule has 0 amide bonds. The van der Waals surface area contributed by atoms with E-state index in [4.69, 9.17) is 19.5 Å². The first kappa shape index (κ1) is 34.6. The Kier molecular flexibility index (Phi) is 13.9. The van der Waals surface area contributed by atoms with Gasteiger partial charge in [-0.2, -0.15) is 0 Å². The third kappa shape index (κ3) is 5.96. The Hall–Kier alpha value is 0.394. The maximum Gasteiger partial charge on any atom is 2.00 e. The minimum absolute atomic E-state index is 0. The van der Waals surface area contributed by atoms with Gasteiger partial charge in [0.05, 0.1) is 18.5 Å². The van der Waals surface area contributed by atoms with Gasteiger partial charge in [-0.1, -0.05) is 83.1 Å². The van der Waals surface area contributed by atoms with Gasteiger partial charge in [0.25, 0.3) is 0 Å². The standard InChI is InChI=1S/C25H46N2O2.2BrH.Ni/c1-14(2)22-24(16(5)6,17(7)8)28-20(26-22)13-21-27-23(15(3)4)25(29-21,18(9)10)19(11)12;;;/h14-19,22-23H,13H2,1-12H3;2*1H;/q;;;+2/p-2/t22-,23-;;;/m1.../s1. The Balaban J connectivity index is 0. The Labute approximate surface area is 229 Å². The molecule has 2 atom stereocenters. The number of nitrogens with zero attached hydrogens (tertiary/aromatic N) is 2. The second-order valence-electron chi connectivity index (χ2n) is 11.1. The summed E-state index contributed by atoms with van der Waals surface area (Å²) < 4.78 is 13.4. The summed E-state index contributed by atoms with van der Waals surface area (Å²) in [4.78, 5) is 10.2. The van der Waals surface area contributed by atoms with Gasteiger partial charge < -0.3 is 43.4 Å². The molecule has 32 heavy (non-hydrogen) atoms. The molecule has 2 aliphatic rings. The van der Waals surface area contributed by atoms with Crippen LogP contribution in [0.3, 0.4) is 0 Å². The van der Waals surface area contributed by atoms with E-state index in [0.717, 1.165) is 11.8 Å². The molecule has 2 heterocycles. The molecule has 2 aliphatic heterocycles. The van der Waals surface area contributed by atoms with Gasteiger partial charge in [0.2, 0.25) is 0 Å². The average molecular weight is 625 g/mol. The van der Waals surface area contributed by atoms with E-state index in [1.807, 2.05) is 0 Å². The van der Waals surface area contributed by atoms with Crippen LogP contribution in [0.1, 0.15) is 89.5 Å². The summed E-state index contributed by atoms with van der Waals surface area (Å²) in [6, 6.07) is 0.334. The number of aliphatic imine (C=N–C) groups is 2. The maximum atomic E-state index is 6.68. The molecule has 0 bridgehead atoms. The summed E-state index contributed by atoms with van der Waals surface area (Å²) >= 11 is 0. The molecule has 0 saturated carbocycles. The van der Waals surface area contributed by atoms with Gasteiger partial charge in [-0.05, 0) is 35.5 Å². The number of hydrogen-bond donors (Lipinski definition) is 0. The monoisotopic (exact) mass is 622 g/mol. The van der Waals surface area contributed by atoms with Crippen molar-refractivity contribution in [2.75, 3.05) is 0 Å². The van der Waals surface area contributed by atoms with Crippen LogP contribution in [0, 0.1) is 35.5 Å². The van der Waals surface area contributed by atoms with Crippen LogP contribution < -0.4 is 34.0 Å². The third-order valence-electron chi connectivity index (χ3n) is 7.25. The van der Waals surface area contributed by atoms with Crippen molar-refractivity contribution < 1.29 is 59.9 Å². The minimum Gasteiger partial charge on any atom is -1.00 e. The van der Waals surface area contributed by atoms with Crippen LogP contribution in [-0.2, 0) is 26.0 Å². The molecule has 7 heteroatoms. The van der Waals surface area contributed by atoms with E-state index >= 15 is 0 Å². The molecule has 0 unspecified atom stereocenters. The second-order valence-corrected chi connectivity index (χ2v) is 11.1. The Bertz CT molecular complexity index is 576. The SMILES string of the molecule is CC(C)[C@H]1N=C(CC2=N[C@H](C(C)C)C(C(C)C)(C(C)C)O2)OC1(C(C)C)C(C)C.[Br-].[Br-].[Ni+2]. The molecule has 0 spiro atoms. The van der Waals surface area contributed by atoms with Crippen molar-refractivity contribution in [1.82, 2.24) is 0 Å². The summed E-state index contributed by atoms with van der Waals surface area (Å²) in [6.07, 6.45) is 0.564. The van der Waals surface area contributed by atoms with Gasteiger partial charge in [-0.3, -0.25) is 0 Å². The number of rotatable bonds is 8. The first-order chi connectivity index (χ1) is 13.3. The molecule has 0 aromatic carbocycles. The smallest absolute Gasteiger partial charge is 1.00 e. The fourth-order valence-electron chi connectivity index (χ4n) is 5.90. The minimum atomic E-state index is -0.257. The largest absolute Gasteiger partial charge is 2.00 e. The summed E-state index contributed by atoms with van der Waals surface area (Å²) in [6.45, 7) is 27.1. The van der Waals surface area contributed by atoms with Crippen LogP contribution in [0.5, 0.6) is 0 Å². The van der Waals surface area contributed by atoms with Gasteiger partial charge in [-0.15, -0.1) is 0 Å². The number of halogens is 2. The van der Waals surface area contributed by atoms with Gasteiger partial charge in [-0.25, -0.2) is 9.98 Å². The summed E-state index contributed by atoms with van der Waals surface area (Å²) in [7, 11) is 0. The van der Waals surface area contributed by atoms with Gasteiger partial charge in [0.15, 0.2) is 11.8 Å². The molecular formula is C25H46Br2N2NiO2. The summed E-state index contributed by atoms with van der Waals surface area (Å²) in [5.41, 5.74) is -0.513. The zero-order valence-corrected chi connectivity index (χ0v) is 26.3. The van der Waals surface area contributed by atoms with E-state index in [1.54, 1.807) is 0 Å². The van der Waals surface area contributed by atoms with E-state index in [-0.39, 0.29) is 73.7 Å². The zero-order valence-electron chi connectivity index (χ0n) is 22.1. The first-order valence-corrected chi connectivity index (χ1v) is 11.8. The second kappa shape index (κ2) is 12.9. The Morgan fingerprint density at radius 1 is 0.594 bits per heavy atom. The number of hydrogen-bond acceptors (Lipinski definition) is 4. The molecule has 4 nitrogen and oxygen atoms in total. The van der Waals surface area contributed by atoms with Crippen LogP contribution in [-0.4, -0.2) is 35.1 Å². The van der Waals surface area contributed by atoms with Crippen LogP contribution in [0.15, 0.2) is 9.98 Å². The van der Waals surface area contributed by atoms with Crippen molar-refractivity contribution in [3.05, 3.63) is 0 Å². The van der Waals surface area contributed by atoms with Crippen molar-refractivity contribution in [2.24, 2.45) is 45.5 Å². The van der Waals surface area contributed by atoms with Gasteiger partial charge in [0.1, 0.15) is 11.2 Å². The maximum absolute atomic E-state index is 6.68. The predicted octanol–water partition coefficient (Wildman–Crippen LogP) is 0.390. The Morgan fingerprint density at radius 3 is 1.00 bits per heavy atom. The van der Waals surface area contributed by atoms with Crippen molar-refractivity contribution in [3.63, 3.8) is 0 Å². The van der Waals surface area contributed by atoms with Crippen LogP contribution >= 0.6 is 0 Å². The van der Waals surface area contributed by atoms with Crippen molar-refractivity contribution in [1.29, 1.82) is 0 Å². The van der Waals surface area contributed by atoms with Gasteiger partial charge in [0, 0.05) is 0 Å². The van der Waals surface area contributed by atoms with Crippen LogP contribution in [0.2, 0.25) is 0 Å². The van der Waals surface area contributed by atoms with Crippen LogP contribution in [0.4, 0.5) is 0 Å². The molecule has 0 saturated heterocycles. The molecule has 0 radical (unpaired) electrons. The van der Waals surface area contributed by atoms with Gasteiger partial charge >= 0.3 is 16.5 Å². The quantitative estimate of drug-likeness (QED) is 0.367. The van der Waals surface area contributed by atoms with Crippen molar-refractivity contribution in [2.45, 2.75) is 113 Å². The average Bonchev–Trinajstić information content (AvgIpc) is 3.15. The van der Waals surface area contributed by atoms with Crippen LogP contribution in [0.25, 0.3) is 0 Å². The van der Waals surface area contributed by atoms with Crippen molar-refractivity contribution >= 4 is 11.8 Å². The normalized spacial score (nSPS) is 23.6. The van der Waals surface area contributed by atoms with E-state index < -0.39 is 0 Å². The topological polar surface area (TPSA) is 43.2 Å². The molecule has 192 valence electrons. The molecule has 2 rings (SSSR count). The predicted molar refractivity (Wildman–Crippen MR) is 124 cm³/mol. The molecule has 0 aromatic rings. The van der Waals surface area contributed by atoms with Crippen molar-refractivity contribution in [3.8, 4) is 0 Å². The molecule has 0 aliphatic carbocycles. The van der Waals surface area contributed by atoms with E-state index in [2.05, 4.69) is 83.1 Å². The van der Waals surface area contributed by atoms with E-state index in [0.29, 0.717) is 41.9 Å².